The number of benzene rings is 1. The fraction of sp³-hybridized carbons (Fsp3) is 0.462. The van der Waals surface area contributed by atoms with Gasteiger partial charge in [-0.15, -0.1) is 0 Å². The largest absolute Gasteiger partial charge is 0.496 e. The molecular formula is C13H18BrNO2. The van der Waals surface area contributed by atoms with E-state index in [1.54, 1.807) is 19.1 Å². The van der Waals surface area contributed by atoms with Crippen LogP contribution in [-0.4, -0.2) is 23.9 Å². The Bertz CT molecular complexity index is 444. The summed E-state index contributed by atoms with van der Waals surface area (Å²) in [7, 11) is 3.45. The van der Waals surface area contributed by atoms with Gasteiger partial charge in [-0.3, -0.25) is 4.79 Å². The molecule has 0 atom stereocenters. The summed E-state index contributed by atoms with van der Waals surface area (Å²) >= 11 is 2.96. The minimum absolute atomic E-state index is 0.107. The highest BCUT2D eigenvalue weighted by Crippen LogP contribution is 2.28. The second-order valence-electron chi connectivity index (χ2n) is 4.23. The number of aryl methyl sites for hydroxylation is 1. The van der Waals surface area contributed by atoms with E-state index in [1.807, 2.05) is 19.9 Å². The minimum Gasteiger partial charge on any atom is -0.496 e. The second kappa shape index (κ2) is 5.54. The first-order valence-corrected chi connectivity index (χ1v) is 6.22. The number of halogens is 1. The molecule has 0 radical (unpaired) electrons. The SMILES string of the molecule is COc1cc(C)c(CN(C)C(=O)Br)c(C)c1C. The molecule has 1 aromatic rings. The van der Waals surface area contributed by atoms with E-state index in [4.69, 9.17) is 4.74 Å². The molecule has 0 fully saturated rings. The van der Waals surface area contributed by atoms with Crippen LogP contribution in [0.3, 0.4) is 0 Å². The Labute approximate surface area is 111 Å². The molecule has 0 bridgehead atoms. The van der Waals surface area contributed by atoms with Crippen molar-refractivity contribution in [2.24, 2.45) is 0 Å². The van der Waals surface area contributed by atoms with Crippen molar-refractivity contribution in [2.75, 3.05) is 14.2 Å². The number of hydrogen-bond donors (Lipinski definition) is 0. The summed E-state index contributed by atoms with van der Waals surface area (Å²) in [6, 6.07) is 2.02. The van der Waals surface area contributed by atoms with Gasteiger partial charge in [0.1, 0.15) is 5.75 Å². The number of amides is 1. The number of hydrogen-bond acceptors (Lipinski definition) is 2. The van der Waals surface area contributed by atoms with Crippen LogP contribution in [0.5, 0.6) is 5.75 Å². The summed E-state index contributed by atoms with van der Waals surface area (Å²) < 4.78 is 5.32. The van der Waals surface area contributed by atoms with E-state index in [-0.39, 0.29) is 4.82 Å². The zero-order chi connectivity index (χ0) is 13.2. The number of methoxy groups -OCH3 is 1. The quantitative estimate of drug-likeness (QED) is 0.631. The highest BCUT2D eigenvalue weighted by Gasteiger charge is 2.13. The molecule has 0 aliphatic carbocycles. The predicted octanol–water partition coefficient (Wildman–Crippen LogP) is 3.57. The molecule has 0 aliphatic heterocycles. The molecule has 3 nitrogen and oxygen atoms in total. The molecule has 0 N–H and O–H groups in total. The van der Waals surface area contributed by atoms with Gasteiger partial charge in [0.25, 0.3) is 4.82 Å². The lowest BCUT2D eigenvalue weighted by molar-refractivity contribution is 0.233. The van der Waals surface area contributed by atoms with E-state index in [1.165, 1.54) is 11.1 Å². The van der Waals surface area contributed by atoms with Crippen molar-refractivity contribution in [1.29, 1.82) is 0 Å². The number of nitrogens with zero attached hydrogens (tertiary/aromatic N) is 1. The van der Waals surface area contributed by atoms with Crippen LogP contribution in [0.4, 0.5) is 4.79 Å². The van der Waals surface area contributed by atoms with Gasteiger partial charge in [0.2, 0.25) is 0 Å². The number of rotatable bonds is 3. The highest BCUT2D eigenvalue weighted by molar-refractivity contribution is 9.18. The Morgan fingerprint density at radius 2 is 1.94 bits per heavy atom. The average molecular weight is 300 g/mol. The van der Waals surface area contributed by atoms with Crippen LogP contribution in [0.1, 0.15) is 22.3 Å². The van der Waals surface area contributed by atoms with E-state index >= 15 is 0 Å². The minimum atomic E-state index is -0.107. The van der Waals surface area contributed by atoms with E-state index in [0.717, 1.165) is 16.9 Å². The Balaban J connectivity index is 3.17. The van der Waals surface area contributed by atoms with Gasteiger partial charge >= 0.3 is 0 Å². The van der Waals surface area contributed by atoms with Crippen LogP contribution in [0, 0.1) is 20.8 Å². The molecule has 17 heavy (non-hydrogen) atoms. The standard InChI is InChI=1S/C13H18BrNO2/c1-8-6-12(17-5)10(3)9(2)11(8)7-15(4)13(14)16/h6H,7H2,1-5H3. The monoisotopic (exact) mass is 299 g/mol. The van der Waals surface area contributed by atoms with Crippen LogP contribution < -0.4 is 4.74 Å². The molecule has 1 aromatic carbocycles. The average Bonchev–Trinajstić information content (AvgIpc) is 2.28. The molecule has 4 heteroatoms. The second-order valence-corrected chi connectivity index (χ2v) is 4.91. The summed E-state index contributed by atoms with van der Waals surface area (Å²) in [5, 5.41) is 0. The molecule has 1 amide bonds. The molecule has 1 rings (SSSR count). The molecule has 0 saturated heterocycles. The van der Waals surface area contributed by atoms with E-state index in [9.17, 15) is 4.79 Å². The third kappa shape index (κ3) is 3.00. The Morgan fingerprint density at radius 3 is 2.41 bits per heavy atom. The summed E-state index contributed by atoms with van der Waals surface area (Å²) in [5.74, 6) is 0.900. The van der Waals surface area contributed by atoms with Gasteiger partial charge in [0.05, 0.1) is 7.11 Å². The molecule has 0 spiro atoms. The topological polar surface area (TPSA) is 29.5 Å². The van der Waals surface area contributed by atoms with Crippen molar-refractivity contribution in [3.63, 3.8) is 0 Å². The first kappa shape index (κ1) is 14.0. The molecular weight excluding hydrogens is 282 g/mol. The van der Waals surface area contributed by atoms with Gasteiger partial charge in [-0.05, 0) is 49.1 Å². The highest BCUT2D eigenvalue weighted by atomic mass is 79.9. The zero-order valence-corrected chi connectivity index (χ0v) is 12.5. The first-order chi connectivity index (χ1) is 7.88. The summed E-state index contributed by atoms with van der Waals surface area (Å²) in [6.45, 7) is 6.74. The first-order valence-electron chi connectivity index (χ1n) is 5.42. The lowest BCUT2D eigenvalue weighted by Crippen LogP contribution is -2.21. The lowest BCUT2D eigenvalue weighted by atomic mass is 9.97. The van der Waals surface area contributed by atoms with Gasteiger partial charge in [0, 0.05) is 29.5 Å². The van der Waals surface area contributed by atoms with Crippen molar-refractivity contribution >= 4 is 20.7 Å². The molecule has 0 heterocycles. The van der Waals surface area contributed by atoms with Crippen molar-refractivity contribution in [3.8, 4) is 5.75 Å². The third-order valence-electron chi connectivity index (χ3n) is 3.12. The van der Waals surface area contributed by atoms with Gasteiger partial charge in [-0.25, -0.2) is 0 Å². The summed E-state index contributed by atoms with van der Waals surface area (Å²) in [6.07, 6.45) is 0. The Kier molecular flexibility index (Phi) is 4.57. The predicted molar refractivity (Wildman–Crippen MR) is 73.0 cm³/mol. The van der Waals surface area contributed by atoms with Gasteiger partial charge in [0.15, 0.2) is 0 Å². The Morgan fingerprint density at radius 1 is 1.35 bits per heavy atom. The van der Waals surface area contributed by atoms with E-state index in [0.29, 0.717) is 6.54 Å². The maximum absolute atomic E-state index is 11.2. The number of ether oxygens (including phenoxy) is 1. The van der Waals surface area contributed by atoms with Gasteiger partial charge < -0.3 is 9.64 Å². The lowest BCUT2D eigenvalue weighted by Gasteiger charge is -2.20. The van der Waals surface area contributed by atoms with Gasteiger partial charge in [-0.1, -0.05) is 0 Å². The summed E-state index contributed by atoms with van der Waals surface area (Å²) in [5.41, 5.74) is 4.63. The number of carbonyl (C=O) groups is 1. The normalized spacial score (nSPS) is 10.2. The fourth-order valence-electron chi connectivity index (χ4n) is 1.85. The zero-order valence-electron chi connectivity index (χ0n) is 10.9. The Hall–Kier alpha value is -1.03. The van der Waals surface area contributed by atoms with Crippen molar-refractivity contribution in [2.45, 2.75) is 27.3 Å². The van der Waals surface area contributed by atoms with Crippen LogP contribution >= 0.6 is 15.9 Å². The molecule has 0 saturated carbocycles. The third-order valence-corrected chi connectivity index (χ3v) is 3.73. The van der Waals surface area contributed by atoms with Crippen LogP contribution in [0.25, 0.3) is 0 Å². The smallest absolute Gasteiger partial charge is 0.289 e. The van der Waals surface area contributed by atoms with Gasteiger partial charge in [-0.2, -0.15) is 0 Å². The maximum atomic E-state index is 11.2. The van der Waals surface area contributed by atoms with E-state index < -0.39 is 0 Å². The van der Waals surface area contributed by atoms with Crippen molar-refractivity contribution < 1.29 is 9.53 Å². The van der Waals surface area contributed by atoms with Crippen molar-refractivity contribution in [3.05, 3.63) is 28.3 Å². The fourth-order valence-corrected chi connectivity index (χ4v) is 1.98. The van der Waals surface area contributed by atoms with Crippen molar-refractivity contribution in [1.82, 2.24) is 4.90 Å². The summed E-state index contributed by atoms with van der Waals surface area (Å²) in [4.78, 5) is 12.7. The molecule has 0 aromatic heterocycles. The van der Waals surface area contributed by atoms with Crippen LogP contribution in [0.2, 0.25) is 0 Å². The van der Waals surface area contributed by atoms with E-state index in [2.05, 4.69) is 22.9 Å². The maximum Gasteiger partial charge on any atom is 0.289 e. The molecule has 0 unspecified atom stereocenters. The molecule has 94 valence electrons. The molecule has 0 aliphatic rings. The van der Waals surface area contributed by atoms with Crippen LogP contribution in [-0.2, 0) is 6.54 Å². The number of carbonyl (C=O) groups excluding carboxylic acids is 1. The van der Waals surface area contributed by atoms with Crippen LogP contribution in [0.15, 0.2) is 6.07 Å².